The average molecular weight is 323 g/mol. The number of para-hydroxylation sites is 1. The summed E-state index contributed by atoms with van der Waals surface area (Å²) in [6.07, 6.45) is 2.68. The van der Waals surface area contributed by atoms with Gasteiger partial charge in [-0.3, -0.25) is 4.90 Å². The Kier molecular flexibility index (Phi) is 9.03. The van der Waals surface area contributed by atoms with E-state index in [-0.39, 0.29) is 6.10 Å². The van der Waals surface area contributed by atoms with Gasteiger partial charge >= 0.3 is 0 Å². The van der Waals surface area contributed by atoms with Crippen molar-refractivity contribution in [1.82, 2.24) is 4.90 Å². The fraction of sp³-hybridized carbons (Fsp3) is 0.684. The zero-order chi connectivity index (χ0) is 17.2. The number of methoxy groups -OCH3 is 2. The van der Waals surface area contributed by atoms with Crippen LogP contribution < -0.4 is 9.47 Å². The van der Waals surface area contributed by atoms with E-state index in [1.54, 1.807) is 14.2 Å². The van der Waals surface area contributed by atoms with Crippen LogP contribution in [0, 0.1) is 5.92 Å². The lowest BCUT2D eigenvalue weighted by Crippen LogP contribution is -2.33. The van der Waals surface area contributed by atoms with E-state index < -0.39 is 0 Å². The maximum absolute atomic E-state index is 10.2. The smallest absolute Gasteiger partial charge is 0.165 e. The lowest BCUT2D eigenvalue weighted by molar-refractivity contribution is 0.0976. The van der Waals surface area contributed by atoms with Crippen LogP contribution >= 0.6 is 0 Å². The highest BCUT2D eigenvalue weighted by Crippen LogP contribution is 2.31. The molecule has 0 amide bonds. The van der Waals surface area contributed by atoms with E-state index in [2.05, 4.69) is 31.7 Å². The minimum atomic E-state index is -0.274. The molecule has 1 unspecified atom stereocenters. The van der Waals surface area contributed by atoms with E-state index >= 15 is 0 Å². The molecule has 0 heterocycles. The van der Waals surface area contributed by atoms with Crippen LogP contribution in [-0.2, 0) is 6.54 Å². The standard InChI is InChI=1S/C19H33NO3/c1-6-8-17(21)14-20(12-11-15(2)3)13-16-9-7-10-18(22-4)19(16)23-5/h7,9-10,15,17,21H,6,8,11-14H2,1-5H3. The molecule has 1 aromatic carbocycles. The van der Waals surface area contributed by atoms with Crippen LogP contribution in [0.15, 0.2) is 18.2 Å². The highest BCUT2D eigenvalue weighted by Gasteiger charge is 2.16. The summed E-state index contributed by atoms with van der Waals surface area (Å²) in [4.78, 5) is 2.32. The molecular formula is C19H33NO3. The molecule has 132 valence electrons. The second kappa shape index (κ2) is 10.5. The van der Waals surface area contributed by atoms with Gasteiger partial charge in [-0.25, -0.2) is 0 Å². The Labute approximate surface area is 141 Å². The van der Waals surface area contributed by atoms with Crippen molar-refractivity contribution < 1.29 is 14.6 Å². The molecule has 0 bridgehead atoms. The zero-order valence-corrected chi connectivity index (χ0v) is 15.3. The molecule has 0 aliphatic heterocycles. The first-order chi connectivity index (χ1) is 11.0. The molecule has 0 aliphatic carbocycles. The first-order valence-electron chi connectivity index (χ1n) is 8.62. The summed E-state index contributed by atoms with van der Waals surface area (Å²) in [5, 5.41) is 10.2. The van der Waals surface area contributed by atoms with Gasteiger partial charge in [-0.15, -0.1) is 0 Å². The first kappa shape index (κ1) is 19.8. The molecule has 0 saturated heterocycles. The molecule has 0 fully saturated rings. The van der Waals surface area contributed by atoms with Crippen molar-refractivity contribution in [3.63, 3.8) is 0 Å². The second-order valence-corrected chi connectivity index (χ2v) is 6.51. The number of hydrogen-bond acceptors (Lipinski definition) is 4. The van der Waals surface area contributed by atoms with Crippen molar-refractivity contribution in [2.75, 3.05) is 27.3 Å². The van der Waals surface area contributed by atoms with Gasteiger partial charge in [-0.1, -0.05) is 39.3 Å². The summed E-state index contributed by atoms with van der Waals surface area (Å²) in [6, 6.07) is 5.96. The summed E-state index contributed by atoms with van der Waals surface area (Å²) < 4.78 is 10.9. The fourth-order valence-corrected chi connectivity index (χ4v) is 2.72. The summed E-state index contributed by atoms with van der Waals surface area (Å²) in [5.74, 6) is 2.19. The van der Waals surface area contributed by atoms with Gasteiger partial charge in [0.05, 0.1) is 20.3 Å². The van der Waals surface area contributed by atoms with E-state index in [9.17, 15) is 5.11 Å². The number of aliphatic hydroxyl groups is 1. The molecule has 1 aromatic rings. The number of benzene rings is 1. The van der Waals surface area contributed by atoms with Gasteiger partial charge < -0.3 is 14.6 Å². The third-order valence-electron chi connectivity index (χ3n) is 3.99. The van der Waals surface area contributed by atoms with E-state index in [1.807, 2.05) is 12.1 Å². The van der Waals surface area contributed by atoms with Gasteiger partial charge in [0.15, 0.2) is 11.5 Å². The summed E-state index contributed by atoms with van der Waals surface area (Å²) in [6.45, 7) is 8.99. The Balaban J connectivity index is 2.86. The minimum absolute atomic E-state index is 0.274. The van der Waals surface area contributed by atoms with Crippen molar-refractivity contribution in [2.45, 2.75) is 52.7 Å². The Hall–Kier alpha value is -1.26. The van der Waals surface area contributed by atoms with Crippen LogP contribution in [0.2, 0.25) is 0 Å². The Morgan fingerprint density at radius 3 is 2.43 bits per heavy atom. The molecule has 1 rings (SSSR count). The quantitative estimate of drug-likeness (QED) is 0.674. The van der Waals surface area contributed by atoms with Crippen molar-refractivity contribution in [3.8, 4) is 11.5 Å². The van der Waals surface area contributed by atoms with Crippen molar-refractivity contribution in [3.05, 3.63) is 23.8 Å². The maximum Gasteiger partial charge on any atom is 0.165 e. The Morgan fingerprint density at radius 1 is 1.13 bits per heavy atom. The number of hydrogen-bond donors (Lipinski definition) is 1. The molecule has 0 saturated carbocycles. The number of rotatable bonds is 11. The molecule has 1 atom stereocenters. The molecule has 4 heteroatoms. The lowest BCUT2D eigenvalue weighted by Gasteiger charge is -2.27. The molecule has 4 nitrogen and oxygen atoms in total. The summed E-state index contributed by atoms with van der Waals surface area (Å²) in [7, 11) is 3.33. The zero-order valence-electron chi connectivity index (χ0n) is 15.3. The topological polar surface area (TPSA) is 41.9 Å². The SMILES string of the molecule is CCCC(O)CN(CCC(C)C)Cc1cccc(OC)c1OC. The minimum Gasteiger partial charge on any atom is -0.493 e. The van der Waals surface area contributed by atoms with Gasteiger partial charge in [0.25, 0.3) is 0 Å². The molecule has 0 radical (unpaired) electrons. The van der Waals surface area contributed by atoms with Gasteiger partial charge in [0, 0.05) is 18.7 Å². The monoisotopic (exact) mass is 323 g/mol. The highest BCUT2D eigenvalue weighted by molar-refractivity contribution is 5.46. The number of ether oxygens (including phenoxy) is 2. The number of nitrogens with zero attached hydrogens (tertiary/aromatic N) is 1. The molecule has 0 aromatic heterocycles. The van der Waals surface area contributed by atoms with Crippen molar-refractivity contribution in [1.29, 1.82) is 0 Å². The molecule has 1 N–H and O–H groups in total. The number of aliphatic hydroxyl groups excluding tert-OH is 1. The van der Waals surface area contributed by atoms with E-state index in [0.717, 1.165) is 49.4 Å². The van der Waals surface area contributed by atoms with Crippen LogP contribution in [0.1, 0.15) is 45.6 Å². The van der Waals surface area contributed by atoms with Crippen LogP contribution in [0.4, 0.5) is 0 Å². The summed E-state index contributed by atoms with van der Waals surface area (Å²) in [5.41, 5.74) is 1.10. The largest absolute Gasteiger partial charge is 0.493 e. The van der Waals surface area contributed by atoms with E-state index in [4.69, 9.17) is 9.47 Å². The Morgan fingerprint density at radius 2 is 1.87 bits per heavy atom. The molecule has 0 spiro atoms. The Bertz CT molecular complexity index is 448. The van der Waals surface area contributed by atoms with Gasteiger partial charge in [0.2, 0.25) is 0 Å². The first-order valence-corrected chi connectivity index (χ1v) is 8.62. The third-order valence-corrected chi connectivity index (χ3v) is 3.99. The second-order valence-electron chi connectivity index (χ2n) is 6.51. The van der Waals surface area contributed by atoms with Crippen LogP contribution in [0.5, 0.6) is 11.5 Å². The van der Waals surface area contributed by atoms with Crippen molar-refractivity contribution >= 4 is 0 Å². The van der Waals surface area contributed by atoms with Gasteiger partial charge in [-0.05, 0) is 31.4 Å². The van der Waals surface area contributed by atoms with E-state index in [1.165, 1.54) is 0 Å². The maximum atomic E-state index is 10.2. The lowest BCUT2D eigenvalue weighted by atomic mass is 10.1. The van der Waals surface area contributed by atoms with Gasteiger partial charge in [-0.2, -0.15) is 0 Å². The normalized spacial score (nSPS) is 12.7. The van der Waals surface area contributed by atoms with E-state index in [0.29, 0.717) is 12.5 Å². The highest BCUT2D eigenvalue weighted by atomic mass is 16.5. The van der Waals surface area contributed by atoms with Gasteiger partial charge in [0.1, 0.15) is 0 Å². The van der Waals surface area contributed by atoms with Crippen LogP contribution in [0.3, 0.4) is 0 Å². The predicted octanol–water partition coefficient (Wildman–Crippen LogP) is 3.71. The molecule has 0 aliphatic rings. The summed E-state index contributed by atoms with van der Waals surface area (Å²) >= 11 is 0. The van der Waals surface area contributed by atoms with Crippen LogP contribution in [-0.4, -0.2) is 43.4 Å². The van der Waals surface area contributed by atoms with Crippen LogP contribution in [0.25, 0.3) is 0 Å². The average Bonchev–Trinajstić information content (AvgIpc) is 2.52. The van der Waals surface area contributed by atoms with Crippen molar-refractivity contribution in [2.24, 2.45) is 5.92 Å². The molecular weight excluding hydrogens is 290 g/mol. The molecule has 23 heavy (non-hydrogen) atoms. The third kappa shape index (κ3) is 6.80. The fourth-order valence-electron chi connectivity index (χ4n) is 2.72. The predicted molar refractivity (Wildman–Crippen MR) is 95.2 cm³/mol.